The average Bonchev–Trinajstić information content (AvgIpc) is 3.19. The van der Waals surface area contributed by atoms with Crippen LogP contribution < -0.4 is 9.80 Å². The highest BCUT2D eigenvalue weighted by atomic mass is 19.4. The molecule has 3 atom stereocenters. The van der Waals surface area contributed by atoms with Gasteiger partial charge in [-0.2, -0.15) is 26.3 Å². The molecule has 2 aromatic carbocycles. The van der Waals surface area contributed by atoms with Crippen LogP contribution in [0.25, 0.3) is 0 Å². The van der Waals surface area contributed by atoms with Crippen molar-refractivity contribution in [3.63, 3.8) is 0 Å². The van der Waals surface area contributed by atoms with E-state index in [1.807, 2.05) is 42.2 Å². The molecule has 1 saturated carbocycles. The van der Waals surface area contributed by atoms with Gasteiger partial charge in [-0.1, -0.05) is 37.3 Å². The number of hydrogen-bond acceptors (Lipinski definition) is 9. The molecule has 3 aromatic rings. The van der Waals surface area contributed by atoms with Crippen LogP contribution in [0.2, 0.25) is 0 Å². The van der Waals surface area contributed by atoms with Crippen LogP contribution in [0.1, 0.15) is 74.1 Å². The number of rotatable bonds is 10. The van der Waals surface area contributed by atoms with Gasteiger partial charge in [0.1, 0.15) is 6.10 Å². The molecule has 16 heteroatoms. The Morgan fingerprint density at radius 2 is 1.46 bits per heavy atom. The van der Waals surface area contributed by atoms with Crippen LogP contribution in [-0.2, 0) is 44.3 Å². The van der Waals surface area contributed by atoms with E-state index in [0.717, 1.165) is 17.7 Å². The van der Waals surface area contributed by atoms with Gasteiger partial charge in [0.25, 0.3) is 0 Å². The Kier molecular flexibility index (Phi) is 13.0. The lowest BCUT2D eigenvalue weighted by atomic mass is 9.86. The van der Waals surface area contributed by atoms with Crippen molar-refractivity contribution in [2.75, 3.05) is 43.2 Å². The van der Waals surface area contributed by atoms with Gasteiger partial charge >= 0.3 is 24.4 Å². The SMILES string of the molecule is CC[C@@H]1C[C@H](N(Cc2cc(C(F)(F)F)cc(C(F)(F)F)c2)c2ncc(N3CCOCC3)cn2)C[C@H](Cc2ccccc2)N1C(=O)OC1CCC(C(=O)OC)CC1. The number of carbonyl (C=O) groups excluding carboxylic acids is 2. The molecule has 0 spiro atoms. The van der Waals surface area contributed by atoms with Crippen LogP contribution in [0.5, 0.6) is 0 Å². The molecule has 0 unspecified atom stereocenters. The molecular formula is C40H47F6N5O5. The van der Waals surface area contributed by atoms with Crippen LogP contribution in [0.15, 0.2) is 60.9 Å². The van der Waals surface area contributed by atoms with Crippen molar-refractivity contribution in [3.05, 3.63) is 83.2 Å². The monoisotopic (exact) mass is 791 g/mol. The van der Waals surface area contributed by atoms with Crippen molar-refractivity contribution in [3.8, 4) is 0 Å². The third-order valence-corrected chi connectivity index (χ3v) is 11.0. The number of morpholine rings is 1. The molecule has 3 heterocycles. The molecule has 2 aliphatic heterocycles. The summed E-state index contributed by atoms with van der Waals surface area (Å²) in [6, 6.07) is 9.78. The number of nitrogens with zero attached hydrogens (tertiary/aromatic N) is 5. The van der Waals surface area contributed by atoms with Gasteiger partial charge in [-0.25, -0.2) is 14.8 Å². The third-order valence-electron chi connectivity index (χ3n) is 11.0. The maximum atomic E-state index is 14.1. The predicted molar refractivity (Wildman–Crippen MR) is 195 cm³/mol. The van der Waals surface area contributed by atoms with Crippen LogP contribution in [-0.4, -0.2) is 84.6 Å². The summed E-state index contributed by atoms with van der Waals surface area (Å²) in [6.07, 6.45) is -4.10. The lowest BCUT2D eigenvalue weighted by Gasteiger charge is -2.48. The first kappa shape index (κ1) is 41.0. The number of carbonyl (C=O) groups is 2. The van der Waals surface area contributed by atoms with E-state index in [2.05, 4.69) is 9.97 Å². The first-order chi connectivity index (χ1) is 26.7. The predicted octanol–water partition coefficient (Wildman–Crippen LogP) is 8.08. The van der Waals surface area contributed by atoms with Crippen molar-refractivity contribution in [1.29, 1.82) is 0 Å². The molecule has 10 nitrogen and oxygen atoms in total. The number of likely N-dealkylation sites (tertiary alicyclic amines) is 1. The van der Waals surface area contributed by atoms with E-state index in [0.29, 0.717) is 83.4 Å². The number of aromatic nitrogens is 2. The Balaban J connectivity index is 1.34. The molecule has 1 aliphatic carbocycles. The van der Waals surface area contributed by atoms with Gasteiger partial charge in [-0.15, -0.1) is 0 Å². The van der Waals surface area contributed by atoms with Crippen LogP contribution in [0, 0.1) is 5.92 Å². The summed E-state index contributed by atoms with van der Waals surface area (Å²) in [5.74, 6) is -0.389. The second-order valence-electron chi connectivity index (χ2n) is 14.7. The maximum Gasteiger partial charge on any atom is 0.416 e. The van der Waals surface area contributed by atoms with Gasteiger partial charge < -0.3 is 28.9 Å². The molecule has 56 heavy (non-hydrogen) atoms. The number of halogens is 6. The molecule has 3 aliphatic rings. The first-order valence-electron chi connectivity index (χ1n) is 19.0. The number of alkyl halides is 6. The normalized spacial score (nSPS) is 23.4. The fraction of sp³-hybridized carbons (Fsp3) is 0.550. The molecule has 0 N–H and O–H groups in total. The minimum absolute atomic E-state index is 0.122. The van der Waals surface area contributed by atoms with Crippen molar-refractivity contribution in [2.24, 2.45) is 5.92 Å². The second-order valence-corrected chi connectivity index (χ2v) is 14.7. The zero-order valence-corrected chi connectivity index (χ0v) is 31.4. The molecule has 1 amide bonds. The molecule has 1 aromatic heterocycles. The maximum absolute atomic E-state index is 14.1. The molecule has 0 bridgehead atoms. The quantitative estimate of drug-likeness (QED) is 0.149. The van der Waals surface area contributed by atoms with Crippen LogP contribution in [0.3, 0.4) is 0 Å². The van der Waals surface area contributed by atoms with Crippen molar-refractivity contribution < 1.29 is 50.1 Å². The molecule has 304 valence electrons. The number of amides is 1. The van der Waals surface area contributed by atoms with E-state index in [9.17, 15) is 35.9 Å². The Morgan fingerprint density at radius 3 is 2.04 bits per heavy atom. The second kappa shape index (κ2) is 17.7. The minimum atomic E-state index is -5.02. The fourth-order valence-corrected chi connectivity index (χ4v) is 8.14. The standard InChI is InChI=1S/C40H47F6N5O5/c1-3-31-21-32(22-33(19-26-7-5-4-6-8-26)51(31)38(53)56-35-11-9-28(10-12-35)36(52)54-2)50(37-47-23-34(24-48-37)49-13-15-55-16-14-49)25-27-17-29(39(41,42)43)20-30(18-27)40(44,45)46/h4-8,17-18,20,23-24,28,31-33,35H,3,9-16,19,21-22,25H2,1-2H3/t28?,31-,32+,33+,35?/m1/s1. The zero-order chi connectivity index (χ0) is 40.0. The minimum Gasteiger partial charge on any atom is -0.469 e. The van der Waals surface area contributed by atoms with Crippen LogP contribution in [0.4, 0.5) is 42.8 Å². The van der Waals surface area contributed by atoms with Crippen molar-refractivity contribution >= 4 is 23.7 Å². The number of piperidine rings is 1. The summed E-state index contributed by atoms with van der Waals surface area (Å²) in [4.78, 5) is 41.0. The van der Waals surface area contributed by atoms with E-state index in [-0.39, 0.29) is 36.0 Å². The highest BCUT2D eigenvalue weighted by Gasteiger charge is 2.43. The number of esters is 1. The Hall–Kier alpha value is -4.60. The number of benzene rings is 2. The van der Waals surface area contributed by atoms with Crippen LogP contribution >= 0.6 is 0 Å². The zero-order valence-electron chi connectivity index (χ0n) is 31.4. The summed E-state index contributed by atoms with van der Waals surface area (Å²) in [5, 5.41) is 0. The van der Waals surface area contributed by atoms with Gasteiger partial charge in [0.05, 0.1) is 55.4 Å². The third kappa shape index (κ3) is 10.0. The van der Waals surface area contributed by atoms with Crippen molar-refractivity contribution in [2.45, 2.75) is 101 Å². The highest BCUT2D eigenvalue weighted by Crippen LogP contribution is 2.39. The first-order valence-corrected chi connectivity index (χ1v) is 19.0. The van der Waals surface area contributed by atoms with Gasteiger partial charge in [0.2, 0.25) is 5.95 Å². The summed E-state index contributed by atoms with van der Waals surface area (Å²) >= 11 is 0. The summed E-state index contributed by atoms with van der Waals surface area (Å²) in [6.45, 7) is 3.82. The number of ether oxygens (including phenoxy) is 3. The molecule has 0 radical (unpaired) electrons. The average molecular weight is 792 g/mol. The fourth-order valence-electron chi connectivity index (χ4n) is 8.14. The topological polar surface area (TPSA) is 97.3 Å². The summed E-state index contributed by atoms with van der Waals surface area (Å²) < 4.78 is 100. The lowest BCUT2D eigenvalue weighted by Crippen LogP contribution is -2.58. The molecule has 6 rings (SSSR count). The van der Waals surface area contributed by atoms with Crippen molar-refractivity contribution in [1.82, 2.24) is 14.9 Å². The largest absolute Gasteiger partial charge is 0.469 e. The lowest BCUT2D eigenvalue weighted by molar-refractivity contribution is -0.147. The number of anilines is 2. The van der Waals surface area contributed by atoms with Gasteiger partial charge in [-0.3, -0.25) is 4.79 Å². The number of hydrogen-bond donors (Lipinski definition) is 0. The summed E-state index contributed by atoms with van der Waals surface area (Å²) in [7, 11) is 1.35. The molecule has 3 fully saturated rings. The molecular weight excluding hydrogens is 744 g/mol. The summed E-state index contributed by atoms with van der Waals surface area (Å²) in [5.41, 5.74) is -1.36. The van der Waals surface area contributed by atoms with E-state index in [1.165, 1.54) is 7.11 Å². The van der Waals surface area contributed by atoms with E-state index >= 15 is 0 Å². The molecule has 2 saturated heterocycles. The van der Waals surface area contributed by atoms with E-state index in [1.54, 1.807) is 22.2 Å². The van der Waals surface area contributed by atoms with E-state index in [4.69, 9.17) is 14.2 Å². The smallest absolute Gasteiger partial charge is 0.416 e. The Bertz CT molecular complexity index is 1730. The van der Waals surface area contributed by atoms with E-state index < -0.39 is 53.8 Å². The highest BCUT2D eigenvalue weighted by molar-refractivity contribution is 5.72. The Morgan fingerprint density at radius 1 is 0.857 bits per heavy atom. The van der Waals surface area contributed by atoms with Gasteiger partial charge in [-0.05, 0) is 80.7 Å². The van der Waals surface area contributed by atoms with Gasteiger partial charge in [0.15, 0.2) is 0 Å². The Labute approximate surface area is 322 Å². The number of methoxy groups -OCH3 is 1. The van der Waals surface area contributed by atoms with Gasteiger partial charge in [0, 0.05) is 37.8 Å².